The van der Waals surface area contributed by atoms with Gasteiger partial charge in [0.1, 0.15) is 0 Å². The predicted molar refractivity (Wildman–Crippen MR) is 84.0 cm³/mol. The van der Waals surface area contributed by atoms with Gasteiger partial charge in [-0.3, -0.25) is 4.21 Å². The molecule has 1 aliphatic heterocycles. The van der Waals surface area contributed by atoms with Crippen LogP contribution in [0.3, 0.4) is 0 Å². The average Bonchev–Trinajstić information content (AvgIpc) is 2.93. The number of rotatable bonds is 2. The van der Waals surface area contributed by atoms with Crippen LogP contribution in [-0.4, -0.2) is 33.1 Å². The van der Waals surface area contributed by atoms with Gasteiger partial charge in [-0.15, -0.1) is 0 Å². The topological polar surface area (TPSA) is 20.1 Å². The Morgan fingerprint density at radius 2 is 1.63 bits per heavy atom. The molecular weight excluding hydrogens is 254 g/mol. The fourth-order valence-corrected chi connectivity index (χ4v) is 5.92. The summed E-state index contributed by atoms with van der Waals surface area (Å²) in [6.07, 6.45) is 3.83. The highest BCUT2D eigenvalue weighted by molar-refractivity contribution is 8.17. The summed E-state index contributed by atoms with van der Waals surface area (Å²) in [6.45, 7) is 11.9. The molecule has 19 heavy (non-hydrogen) atoms. The van der Waals surface area contributed by atoms with Gasteiger partial charge < -0.3 is 0 Å². The lowest BCUT2D eigenvalue weighted by Gasteiger charge is -2.41. The van der Waals surface area contributed by atoms with Gasteiger partial charge in [0.25, 0.3) is 0 Å². The first-order valence-electron chi connectivity index (χ1n) is 6.83. The number of hydrogen-bond donors (Lipinski definition) is 0. The van der Waals surface area contributed by atoms with Gasteiger partial charge >= 0.3 is 0 Å². The Bertz CT molecular complexity index is 561. The number of nitrogens with zero attached hydrogens (tertiary/aromatic N) is 1. The lowest BCUT2D eigenvalue weighted by molar-refractivity contribution is 0.276. The molecule has 0 spiro atoms. The van der Waals surface area contributed by atoms with Gasteiger partial charge in [0.2, 0.25) is 0 Å². The second kappa shape index (κ2) is 3.70. The van der Waals surface area contributed by atoms with Gasteiger partial charge in [-0.1, -0.05) is 38.5 Å². The van der Waals surface area contributed by atoms with Crippen molar-refractivity contribution in [1.82, 2.24) is 4.31 Å². The molecule has 0 radical (unpaired) electrons. The lowest BCUT2D eigenvalue weighted by atomic mass is 9.82. The van der Waals surface area contributed by atoms with Crippen molar-refractivity contribution in [3.63, 3.8) is 0 Å². The van der Waals surface area contributed by atoms with E-state index in [2.05, 4.69) is 38.9 Å². The van der Waals surface area contributed by atoms with Crippen LogP contribution >= 0.6 is 0 Å². The molecule has 1 aromatic rings. The standard InChI is InChI=1S/C16H27NOS/c1-13-8-10-14(11-9-13)19(6,7,18)17-12-16(17,5)15(2,3)4/h8-11H,12H2,1-7H3/t16-,17?/m0/s1. The van der Waals surface area contributed by atoms with Crippen molar-refractivity contribution in [2.45, 2.75) is 45.1 Å². The van der Waals surface area contributed by atoms with E-state index in [1.54, 1.807) is 0 Å². The SMILES string of the molecule is Cc1ccc(S(C)(C)(=O)N2C[C@@]2(C)C(C)(C)C)cc1. The van der Waals surface area contributed by atoms with E-state index in [-0.39, 0.29) is 11.0 Å². The van der Waals surface area contributed by atoms with Crippen LogP contribution in [0.2, 0.25) is 0 Å². The van der Waals surface area contributed by atoms with Gasteiger partial charge in [0, 0.05) is 29.5 Å². The van der Waals surface area contributed by atoms with Gasteiger partial charge in [0.15, 0.2) is 0 Å². The zero-order valence-electron chi connectivity index (χ0n) is 13.3. The van der Waals surface area contributed by atoms with Crippen molar-refractivity contribution in [2.24, 2.45) is 5.41 Å². The maximum Gasteiger partial charge on any atom is 0.0480 e. The molecule has 0 saturated carbocycles. The molecule has 0 bridgehead atoms. The minimum Gasteiger partial charge on any atom is -0.264 e. The highest BCUT2D eigenvalue weighted by atomic mass is 32.3. The third-order valence-electron chi connectivity index (χ3n) is 4.85. The smallest absolute Gasteiger partial charge is 0.0480 e. The molecule has 1 aliphatic rings. The van der Waals surface area contributed by atoms with Crippen LogP contribution in [0.1, 0.15) is 33.3 Å². The Labute approximate surface area is 117 Å². The van der Waals surface area contributed by atoms with Crippen LogP contribution in [0.25, 0.3) is 0 Å². The summed E-state index contributed by atoms with van der Waals surface area (Å²) >= 11 is 0. The van der Waals surface area contributed by atoms with Crippen molar-refractivity contribution in [2.75, 3.05) is 19.1 Å². The van der Waals surface area contributed by atoms with Gasteiger partial charge in [0.05, 0.1) is 0 Å². The Hall–Kier alpha value is -0.670. The zero-order valence-corrected chi connectivity index (χ0v) is 14.1. The van der Waals surface area contributed by atoms with Gasteiger partial charge in [-0.2, -0.15) is 0 Å². The predicted octanol–water partition coefficient (Wildman–Crippen LogP) is 3.47. The first-order chi connectivity index (χ1) is 8.37. The second-order valence-electron chi connectivity index (χ2n) is 7.64. The summed E-state index contributed by atoms with van der Waals surface area (Å²) in [6, 6.07) is 8.14. The first-order valence-corrected chi connectivity index (χ1v) is 9.57. The van der Waals surface area contributed by atoms with E-state index in [0.29, 0.717) is 0 Å². The molecule has 108 valence electrons. The third-order valence-corrected chi connectivity index (χ3v) is 8.28. The van der Waals surface area contributed by atoms with Crippen molar-refractivity contribution in [1.29, 1.82) is 0 Å². The van der Waals surface area contributed by atoms with E-state index in [4.69, 9.17) is 0 Å². The highest BCUT2D eigenvalue weighted by Gasteiger charge is 2.63. The molecule has 1 heterocycles. The molecule has 0 amide bonds. The number of aryl methyl sites for hydroxylation is 1. The fourth-order valence-electron chi connectivity index (χ4n) is 2.68. The Morgan fingerprint density at radius 1 is 1.16 bits per heavy atom. The number of benzene rings is 1. The van der Waals surface area contributed by atoms with Crippen molar-refractivity contribution in [3.05, 3.63) is 29.8 Å². The molecule has 1 saturated heterocycles. The van der Waals surface area contributed by atoms with Crippen LogP contribution in [0.5, 0.6) is 0 Å². The van der Waals surface area contributed by atoms with Crippen LogP contribution in [0.4, 0.5) is 0 Å². The highest BCUT2D eigenvalue weighted by Crippen LogP contribution is 2.55. The summed E-state index contributed by atoms with van der Waals surface area (Å²) in [7, 11) is -2.94. The van der Waals surface area contributed by atoms with E-state index in [9.17, 15) is 4.21 Å². The molecule has 1 aromatic carbocycles. The Kier molecular flexibility index (Phi) is 2.87. The average molecular weight is 281 g/mol. The van der Waals surface area contributed by atoms with E-state index in [0.717, 1.165) is 11.4 Å². The van der Waals surface area contributed by atoms with Crippen LogP contribution in [0.15, 0.2) is 29.2 Å². The molecule has 0 N–H and O–H groups in total. The summed E-state index contributed by atoms with van der Waals surface area (Å²) < 4.78 is 15.9. The number of hydrogen-bond acceptors (Lipinski definition) is 1. The van der Waals surface area contributed by atoms with E-state index in [1.807, 2.05) is 36.8 Å². The third kappa shape index (κ3) is 2.17. The van der Waals surface area contributed by atoms with E-state index < -0.39 is 9.25 Å². The van der Waals surface area contributed by atoms with Crippen LogP contribution in [-0.2, 0) is 9.25 Å². The Morgan fingerprint density at radius 3 is 2.00 bits per heavy atom. The Balaban J connectivity index is 2.44. The molecule has 1 unspecified atom stereocenters. The van der Waals surface area contributed by atoms with Crippen LogP contribution < -0.4 is 0 Å². The van der Waals surface area contributed by atoms with Crippen molar-refractivity contribution in [3.8, 4) is 0 Å². The quantitative estimate of drug-likeness (QED) is 0.760. The zero-order chi connectivity index (χ0) is 14.7. The first kappa shape index (κ1) is 14.7. The summed E-state index contributed by atoms with van der Waals surface area (Å²) in [4.78, 5) is 0.954. The minimum atomic E-state index is -2.94. The summed E-state index contributed by atoms with van der Waals surface area (Å²) in [5.74, 6) is 0. The molecule has 2 rings (SSSR count). The lowest BCUT2D eigenvalue weighted by Crippen LogP contribution is -2.45. The molecule has 3 heteroatoms. The second-order valence-corrected chi connectivity index (χ2v) is 12.1. The molecule has 0 aliphatic carbocycles. The molecular formula is C16H27NOS. The molecule has 2 nitrogen and oxygen atoms in total. The molecule has 1 fully saturated rings. The van der Waals surface area contributed by atoms with Gasteiger partial charge in [-0.25, -0.2) is 4.31 Å². The van der Waals surface area contributed by atoms with E-state index >= 15 is 0 Å². The van der Waals surface area contributed by atoms with Gasteiger partial charge in [-0.05, 0) is 40.6 Å². The fraction of sp³-hybridized carbons (Fsp3) is 0.625. The monoisotopic (exact) mass is 281 g/mol. The van der Waals surface area contributed by atoms with Crippen molar-refractivity contribution >= 4 is 9.25 Å². The summed E-state index contributed by atoms with van der Waals surface area (Å²) in [5, 5.41) is 0. The largest absolute Gasteiger partial charge is 0.264 e. The van der Waals surface area contributed by atoms with Crippen molar-refractivity contribution < 1.29 is 4.21 Å². The maximum absolute atomic E-state index is 13.7. The normalized spacial score (nSPS) is 29.6. The maximum atomic E-state index is 13.7. The molecule has 2 atom stereocenters. The minimum absolute atomic E-state index is 0.0189. The van der Waals surface area contributed by atoms with Crippen LogP contribution in [0, 0.1) is 12.3 Å². The van der Waals surface area contributed by atoms with E-state index in [1.165, 1.54) is 5.56 Å². The summed E-state index contributed by atoms with van der Waals surface area (Å²) in [5.41, 5.74) is 1.35. The molecule has 0 aromatic heterocycles.